The van der Waals surface area contributed by atoms with E-state index in [0.29, 0.717) is 0 Å². The SMILES string of the molecule is C1=N[SiH2]N=C1. The van der Waals surface area contributed by atoms with Crippen LogP contribution in [0.15, 0.2) is 9.32 Å². The van der Waals surface area contributed by atoms with Gasteiger partial charge in [-0.3, -0.25) is 0 Å². The summed E-state index contributed by atoms with van der Waals surface area (Å²) in [4.78, 5) is 0. The highest BCUT2D eigenvalue weighted by Gasteiger charge is 1.75. The van der Waals surface area contributed by atoms with Crippen LogP contribution in [0.3, 0.4) is 0 Å². The van der Waals surface area contributed by atoms with E-state index in [2.05, 4.69) is 9.32 Å². The molecule has 0 aromatic rings. The quantitative estimate of drug-likeness (QED) is 0.341. The standard InChI is InChI=1S/C2H4N2Si/c1-2-4-5-3-1/h1-2H,5H2. The van der Waals surface area contributed by atoms with E-state index in [0.717, 1.165) is 0 Å². The second kappa shape index (κ2) is 1.12. The van der Waals surface area contributed by atoms with Crippen molar-refractivity contribution in [3.8, 4) is 0 Å². The monoisotopic (exact) mass is 84.0 g/mol. The summed E-state index contributed by atoms with van der Waals surface area (Å²) in [5.41, 5.74) is 0. The summed E-state index contributed by atoms with van der Waals surface area (Å²) < 4.78 is 7.75. The Morgan fingerprint density at radius 2 is 1.80 bits per heavy atom. The molecule has 0 aliphatic carbocycles. The second-order valence-corrected chi connectivity index (χ2v) is 1.82. The van der Waals surface area contributed by atoms with Gasteiger partial charge in [0.15, 0.2) is 0 Å². The van der Waals surface area contributed by atoms with Gasteiger partial charge < -0.3 is 9.32 Å². The number of rotatable bonds is 0. The summed E-state index contributed by atoms with van der Waals surface area (Å²) >= 11 is 0. The van der Waals surface area contributed by atoms with Crippen LogP contribution in [0.1, 0.15) is 0 Å². The van der Waals surface area contributed by atoms with Gasteiger partial charge in [-0.25, -0.2) is 0 Å². The van der Waals surface area contributed by atoms with E-state index in [4.69, 9.17) is 0 Å². The summed E-state index contributed by atoms with van der Waals surface area (Å²) in [5, 5.41) is 0. The van der Waals surface area contributed by atoms with Gasteiger partial charge in [0.05, 0.1) is 0 Å². The van der Waals surface area contributed by atoms with E-state index in [1.165, 1.54) is 0 Å². The normalized spacial score (nSPS) is 17.6. The minimum Gasteiger partial charge on any atom is -0.308 e. The van der Waals surface area contributed by atoms with Gasteiger partial charge in [0.25, 0.3) is 9.84 Å². The van der Waals surface area contributed by atoms with E-state index < -0.39 is 0 Å². The maximum absolute atomic E-state index is 3.88. The molecule has 0 N–H and O–H groups in total. The van der Waals surface area contributed by atoms with Gasteiger partial charge in [-0.05, 0) is 0 Å². The van der Waals surface area contributed by atoms with Crippen molar-refractivity contribution < 1.29 is 0 Å². The first-order valence-electron chi connectivity index (χ1n) is 1.48. The van der Waals surface area contributed by atoms with Crippen LogP contribution in [0.2, 0.25) is 0 Å². The summed E-state index contributed by atoms with van der Waals surface area (Å²) in [6.45, 7) is 0. The number of hydrogen-bond donors (Lipinski definition) is 0. The van der Waals surface area contributed by atoms with E-state index in [-0.39, 0.29) is 9.84 Å². The molecule has 0 fully saturated rings. The first kappa shape index (κ1) is 2.78. The first-order chi connectivity index (χ1) is 2.50. The molecule has 0 aromatic heterocycles. The maximum atomic E-state index is 3.88. The molecule has 1 heterocycles. The van der Waals surface area contributed by atoms with Crippen molar-refractivity contribution in [2.24, 2.45) is 9.32 Å². The molecule has 2 nitrogen and oxygen atoms in total. The Labute approximate surface area is 32.6 Å². The Balaban J connectivity index is 2.61. The molecule has 0 bridgehead atoms. The Kier molecular flexibility index (Phi) is 0.622. The van der Waals surface area contributed by atoms with Crippen molar-refractivity contribution in [3.05, 3.63) is 0 Å². The molecule has 0 atom stereocenters. The minimum atomic E-state index is -0.318. The van der Waals surface area contributed by atoms with Gasteiger partial charge in [-0.15, -0.1) is 0 Å². The molecule has 0 saturated carbocycles. The predicted octanol–water partition coefficient (Wildman–Crippen LogP) is -0.860. The summed E-state index contributed by atoms with van der Waals surface area (Å²) in [6, 6.07) is 0. The Morgan fingerprint density at radius 3 is 2.00 bits per heavy atom. The highest BCUT2D eigenvalue weighted by Crippen LogP contribution is 1.68. The van der Waals surface area contributed by atoms with E-state index >= 15 is 0 Å². The van der Waals surface area contributed by atoms with Gasteiger partial charge in [0.2, 0.25) is 0 Å². The smallest absolute Gasteiger partial charge is 0.271 e. The summed E-state index contributed by atoms with van der Waals surface area (Å²) in [6.07, 6.45) is 3.51. The zero-order chi connectivity index (χ0) is 3.54. The van der Waals surface area contributed by atoms with Crippen molar-refractivity contribution in [2.75, 3.05) is 0 Å². The molecule has 0 amide bonds. The number of nitrogens with zero attached hydrogens (tertiary/aromatic N) is 2. The molecule has 3 heteroatoms. The average Bonchev–Trinajstić information content (AvgIpc) is 1.76. The van der Waals surface area contributed by atoms with Crippen LogP contribution < -0.4 is 0 Å². The Morgan fingerprint density at radius 1 is 1.20 bits per heavy atom. The highest BCUT2D eigenvalue weighted by molar-refractivity contribution is 6.45. The Bertz CT molecular complexity index is 65.7. The topological polar surface area (TPSA) is 24.7 Å². The van der Waals surface area contributed by atoms with Crippen LogP contribution in [0, 0.1) is 0 Å². The van der Waals surface area contributed by atoms with E-state index in [1.54, 1.807) is 12.4 Å². The fourth-order valence-corrected chi connectivity index (χ4v) is 0.707. The summed E-state index contributed by atoms with van der Waals surface area (Å²) in [5.74, 6) is 0. The third-order valence-corrected chi connectivity index (χ3v) is 1.19. The lowest BCUT2D eigenvalue weighted by atomic mass is 10.9. The minimum absolute atomic E-state index is 0.318. The molecule has 1 rings (SSSR count). The zero-order valence-electron chi connectivity index (χ0n) is 2.76. The molecule has 5 heavy (non-hydrogen) atoms. The second-order valence-electron chi connectivity index (χ2n) is 0.805. The molecule has 0 spiro atoms. The summed E-state index contributed by atoms with van der Waals surface area (Å²) in [7, 11) is -0.318. The van der Waals surface area contributed by atoms with Crippen LogP contribution in [0.25, 0.3) is 0 Å². The third kappa shape index (κ3) is 0.415. The van der Waals surface area contributed by atoms with E-state index in [1.807, 2.05) is 0 Å². The Hall–Kier alpha value is -0.443. The molecule has 0 aromatic carbocycles. The zero-order valence-corrected chi connectivity index (χ0v) is 4.17. The van der Waals surface area contributed by atoms with Gasteiger partial charge in [-0.2, -0.15) is 0 Å². The highest BCUT2D eigenvalue weighted by atomic mass is 28.2. The molecule has 26 valence electrons. The van der Waals surface area contributed by atoms with Crippen LogP contribution in [0.4, 0.5) is 0 Å². The predicted molar refractivity (Wildman–Crippen MR) is 25.5 cm³/mol. The van der Waals surface area contributed by atoms with Crippen LogP contribution in [-0.4, -0.2) is 22.3 Å². The fourth-order valence-electron chi connectivity index (χ4n) is 0.236. The fraction of sp³-hybridized carbons (Fsp3) is 0. The van der Waals surface area contributed by atoms with Crippen molar-refractivity contribution in [1.29, 1.82) is 0 Å². The largest absolute Gasteiger partial charge is 0.308 e. The molecular weight excluding hydrogens is 80.1 g/mol. The molecular formula is C2H4N2Si. The lowest BCUT2D eigenvalue weighted by Gasteiger charge is -1.58. The lowest BCUT2D eigenvalue weighted by Crippen LogP contribution is -1.63. The van der Waals surface area contributed by atoms with Gasteiger partial charge in [0.1, 0.15) is 0 Å². The molecule has 0 saturated heterocycles. The van der Waals surface area contributed by atoms with Crippen molar-refractivity contribution in [2.45, 2.75) is 0 Å². The third-order valence-electron chi connectivity index (χ3n) is 0.441. The average molecular weight is 84.2 g/mol. The van der Waals surface area contributed by atoms with Gasteiger partial charge in [0, 0.05) is 12.4 Å². The first-order valence-corrected chi connectivity index (χ1v) is 2.75. The van der Waals surface area contributed by atoms with Crippen LogP contribution in [-0.2, 0) is 0 Å². The molecule has 0 radical (unpaired) electrons. The van der Waals surface area contributed by atoms with Crippen LogP contribution in [0.5, 0.6) is 0 Å². The molecule has 0 unspecified atom stereocenters. The van der Waals surface area contributed by atoms with Crippen LogP contribution >= 0.6 is 0 Å². The van der Waals surface area contributed by atoms with E-state index in [9.17, 15) is 0 Å². The van der Waals surface area contributed by atoms with Crippen molar-refractivity contribution >= 4 is 22.3 Å². The van der Waals surface area contributed by atoms with Gasteiger partial charge in [-0.1, -0.05) is 0 Å². The number of hydrogen-bond acceptors (Lipinski definition) is 2. The molecule has 1 aliphatic rings. The maximum Gasteiger partial charge on any atom is 0.271 e. The van der Waals surface area contributed by atoms with Crippen molar-refractivity contribution in [3.63, 3.8) is 0 Å². The van der Waals surface area contributed by atoms with Crippen molar-refractivity contribution in [1.82, 2.24) is 0 Å². The lowest BCUT2D eigenvalue weighted by molar-refractivity contribution is 1.80. The van der Waals surface area contributed by atoms with Gasteiger partial charge >= 0.3 is 0 Å². The molecule has 1 aliphatic heterocycles.